The van der Waals surface area contributed by atoms with Gasteiger partial charge in [0.15, 0.2) is 0 Å². The first kappa shape index (κ1) is 16.3. The van der Waals surface area contributed by atoms with E-state index in [1.807, 2.05) is 30.3 Å². The lowest BCUT2D eigenvalue weighted by Crippen LogP contribution is -2.52. The van der Waals surface area contributed by atoms with Crippen LogP contribution in [0, 0.1) is 0 Å². The molecule has 1 aliphatic heterocycles. The third-order valence-electron chi connectivity index (χ3n) is 3.66. The molecule has 0 spiro atoms. The Balaban J connectivity index is 1.84. The molecule has 22 heavy (non-hydrogen) atoms. The summed E-state index contributed by atoms with van der Waals surface area (Å²) >= 11 is 0. The molecule has 6 heteroatoms. The lowest BCUT2D eigenvalue weighted by Gasteiger charge is -2.33. The number of benzene rings is 1. The fourth-order valence-corrected chi connectivity index (χ4v) is 2.55. The van der Waals surface area contributed by atoms with Gasteiger partial charge in [0.1, 0.15) is 0 Å². The van der Waals surface area contributed by atoms with Gasteiger partial charge in [-0.3, -0.25) is 4.79 Å². The molecule has 120 valence electrons. The van der Waals surface area contributed by atoms with Gasteiger partial charge in [0.25, 0.3) is 5.91 Å². The van der Waals surface area contributed by atoms with Gasteiger partial charge in [-0.1, -0.05) is 18.2 Å². The Labute approximate surface area is 130 Å². The number of nitrogens with zero attached hydrogens (tertiary/aromatic N) is 1. The topological polar surface area (TPSA) is 70.7 Å². The molecule has 1 aromatic rings. The summed E-state index contributed by atoms with van der Waals surface area (Å²) in [6, 6.07) is 9.02. The molecule has 1 saturated heterocycles. The van der Waals surface area contributed by atoms with Crippen molar-refractivity contribution in [3.63, 3.8) is 0 Å². The smallest absolute Gasteiger partial charge is 0.315 e. The van der Waals surface area contributed by atoms with Crippen LogP contribution < -0.4 is 10.6 Å². The van der Waals surface area contributed by atoms with Crippen LogP contribution in [0.1, 0.15) is 23.2 Å². The number of nitrogens with one attached hydrogen (secondary N) is 2. The van der Waals surface area contributed by atoms with Crippen molar-refractivity contribution < 1.29 is 14.3 Å². The van der Waals surface area contributed by atoms with Crippen molar-refractivity contribution in [3.8, 4) is 0 Å². The predicted molar refractivity (Wildman–Crippen MR) is 83.8 cm³/mol. The molecule has 2 rings (SSSR count). The number of methoxy groups -OCH3 is 1. The van der Waals surface area contributed by atoms with Gasteiger partial charge in [-0.2, -0.15) is 0 Å². The zero-order valence-corrected chi connectivity index (χ0v) is 12.9. The number of carbonyl (C=O) groups is 2. The largest absolute Gasteiger partial charge is 0.383 e. The van der Waals surface area contributed by atoms with Gasteiger partial charge in [0, 0.05) is 38.3 Å². The maximum Gasteiger partial charge on any atom is 0.315 e. The monoisotopic (exact) mass is 305 g/mol. The van der Waals surface area contributed by atoms with Crippen LogP contribution in [0.3, 0.4) is 0 Å². The number of rotatable bonds is 5. The zero-order valence-electron chi connectivity index (χ0n) is 12.9. The highest BCUT2D eigenvalue weighted by Gasteiger charge is 2.25. The molecule has 0 aromatic heterocycles. The van der Waals surface area contributed by atoms with E-state index in [-0.39, 0.29) is 18.0 Å². The van der Waals surface area contributed by atoms with Crippen molar-refractivity contribution in [1.82, 2.24) is 15.5 Å². The normalized spacial score (nSPS) is 17.9. The molecule has 6 nitrogen and oxygen atoms in total. The molecular formula is C16H23N3O3. The van der Waals surface area contributed by atoms with Crippen molar-refractivity contribution >= 4 is 11.9 Å². The summed E-state index contributed by atoms with van der Waals surface area (Å²) in [6.45, 7) is 2.24. The third-order valence-corrected chi connectivity index (χ3v) is 3.66. The SMILES string of the molecule is COCCNC(=O)N[C@H]1CCCN(C(=O)c2ccccc2)C1. The second-order valence-electron chi connectivity index (χ2n) is 5.35. The van der Waals surface area contributed by atoms with E-state index in [1.165, 1.54) is 0 Å². The molecular weight excluding hydrogens is 282 g/mol. The molecule has 1 aliphatic rings. The molecule has 2 N–H and O–H groups in total. The van der Waals surface area contributed by atoms with E-state index < -0.39 is 0 Å². The van der Waals surface area contributed by atoms with Crippen LogP contribution in [0.5, 0.6) is 0 Å². The number of piperidine rings is 1. The number of carbonyl (C=O) groups excluding carboxylic acids is 2. The Morgan fingerprint density at radius 1 is 1.32 bits per heavy atom. The minimum atomic E-state index is -0.212. The Bertz CT molecular complexity index is 493. The minimum Gasteiger partial charge on any atom is -0.383 e. The Morgan fingerprint density at radius 3 is 2.82 bits per heavy atom. The van der Waals surface area contributed by atoms with E-state index in [9.17, 15) is 9.59 Å². The summed E-state index contributed by atoms with van der Waals surface area (Å²) in [6.07, 6.45) is 1.78. The van der Waals surface area contributed by atoms with Gasteiger partial charge in [-0.25, -0.2) is 4.79 Å². The Kier molecular flexibility index (Phi) is 6.21. The second kappa shape index (κ2) is 8.38. The molecule has 1 aromatic carbocycles. The van der Waals surface area contributed by atoms with Gasteiger partial charge in [-0.15, -0.1) is 0 Å². The fourth-order valence-electron chi connectivity index (χ4n) is 2.55. The van der Waals surface area contributed by atoms with Gasteiger partial charge >= 0.3 is 6.03 Å². The highest BCUT2D eigenvalue weighted by molar-refractivity contribution is 5.94. The number of hydrogen-bond donors (Lipinski definition) is 2. The second-order valence-corrected chi connectivity index (χ2v) is 5.35. The van der Waals surface area contributed by atoms with E-state index in [1.54, 1.807) is 12.0 Å². The maximum atomic E-state index is 12.4. The highest BCUT2D eigenvalue weighted by Crippen LogP contribution is 2.13. The fraction of sp³-hybridized carbons (Fsp3) is 0.500. The molecule has 0 bridgehead atoms. The number of hydrogen-bond acceptors (Lipinski definition) is 3. The lowest BCUT2D eigenvalue weighted by molar-refractivity contribution is 0.0697. The van der Waals surface area contributed by atoms with Gasteiger partial charge in [0.2, 0.25) is 0 Å². The number of likely N-dealkylation sites (tertiary alicyclic amines) is 1. The van der Waals surface area contributed by atoms with Crippen LogP contribution in [0.4, 0.5) is 4.79 Å². The van der Waals surface area contributed by atoms with E-state index in [0.717, 1.165) is 19.4 Å². The van der Waals surface area contributed by atoms with Gasteiger partial charge in [-0.05, 0) is 25.0 Å². The predicted octanol–water partition coefficient (Wildman–Crippen LogP) is 1.24. The van der Waals surface area contributed by atoms with Crippen molar-refractivity contribution in [2.75, 3.05) is 33.4 Å². The number of ether oxygens (including phenoxy) is 1. The highest BCUT2D eigenvalue weighted by atomic mass is 16.5. The summed E-state index contributed by atoms with van der Waals surface area (Å²) < 4.78 is 4.88. The first-order valence-corrected chi connectivity index (χ1v) is 7.58. The molecule has 1 fully saturated rings. The molecule has 0 saturated carbocycles. The molecule has 3 amide bonds. The molecule has 1 atom stereocenters. The third kappa shape index (κ3) is 4.73. The van der Waals surface area contributed by atoms with Crippen molar-refractivity contribution in [3.05, 3.63) is 35.9 Å². The number of urea groups is 1. The van der Waals surface area contributed by atoms with E-state index >= 15 is 0 Å². The lowest BCUT2D eigenvalue weighted by atomic mass is 10.0. The van der Waals surface area contributed by atoms with Crippen LogP contribution in [0.15, 0.2) is 30.3 Å². The summed E-state index contributed by atoms with van der Waals surface area (Å²) in [5, 5.41) is 5.64. The van der Waals surface area contributed by atoms with Crippen molar-refractivity contribution in [2.24, 2.45) is 0 Å². The summed E-state index contributed by atoms with van der Waals surface area (Å²) in [7, 11) is 1.59. The first-order valence-electron chi connectivity index (χ1n) is 7.58. The van der Waals surface area contributed by atoms with Gasteiger partial charge in [0.05, 0.1) is 6.61 Å². The molecule has 0 unspecified atom stereocenters. The summed E-state index contributed by atoms with van der Waals surface area (Å²) in [5.41, 5.74) is 0.688. The zero-order chi connectivity index (χ0) is 15.8. The van der Waals surface area contributed by atoms with Crippen molar-refractivity contribution in [1.29, 1.82) is 0 Å². The van der Waals surface area contributed by atoms with Crippen LogP contribution >= 0.6 is 0 Å². The van der Waals surface area contributed by atoms with E-state index in [2.05, 4.69) is 10.6 Å². The molecule has 0 aliphatic carbocycles. The maximum absolute atomic E-state index is 12.4. The molecule has 0 radical (unpaired) electrons. The quantitative estimate of drug-likeness (QED) is 0.804. The van der Waals surface area contributed by atoms with Crippen molar-refractivity contribution in [2.45, 2.75) is 18.9 Å². The van der Waals surface area contributed by atoms with Crippen LogP contribution in [-0.2, 0) is 4.74 Å². The number of amides is 3. The first-order chi connectivity index (χ1) is 10.7. The minimum absolute atomic E-state index is 0.0102. The van der Waals surface area contributed by atoms with E-state index in [4.69, 9.17) is 4.74 Å². The van der Waals surface area contributed by atoms with Crippen LogP contribution in [0.2, 0.25) is 0 Å². The van der Waals surface area contributed by atoms with Crippen LogP contribution in [-0.4, -0.2) is 56.2 Å². The molecule has 1 heterocycles. The van der Waals surface area contributed by atoms with E-state index in [0.29, 0.717) is 25.3 Å². The Morgan fingerprint density at radius 2 is 2.09 bits per heavy atom. The standard InChI is InChI=1S/C16H23N3O3/c1-22-11-9-17-16(21)18-14-8-5-10-19(12-14)15(20)13-6-3-2-4-7-13/h2-4,6-7,14H,5,8-12H2,1H3,(H2,17,18,21)/t14-/m0/s1. The summed E-state index contributed by atoms with van der Waals surface area (Å²) in [5.74, 6) is 0.0203. The van der Waals surface area contributed by atoms with Gasteiger partial charge < -0.3 is 20.3 Å². The average Bonchev–Trinajstić information content (AvgIpc) is 2.55. The van der Waals surface area contributed by atoms with Crippen LogP contribution in [0.25, 0.3) is 0 Å². The Hall–Kier alpha value is -2.08. The summed E-state index contributed by atoms with van der Waals surface area (Å²) in [4.78, 5) is 26.0. The average molecular weight is 305 g/mol.